The molecule has 0 atom stereocenters. The van der Waals surface area contributed by atoms with E-state index in [0.717, 1.165) is 12.8 Å². The number of carbonyl (C=O) groups excluding carboxylic acids is 2. The Hall–Kier alpha value is -2.82. The van der Waals surface area contributed by atoms with Gasteiger partial charge in [0.25, 0.3) is 11.8 Å². The second-order valence-electron chi connectivity index (χ2n) is 7.91. The van der Waals surface area contributed by atoms with Crippen molar-refractivity contribution in [1.29, 1.82) is 0 Å². The number of hydrogen-bond donors (Lipinski definition) is 2. The largest absolute Gasteiger partial charge is 0.484 e. The third-order valence-electron chi connectivity index (χ3n) is 4.34. The molecule has 5 nitrogen and oxygen atoms in total. The molecule has 2 aromatic carbocycles. The Morgan fingerprint density at radius 2 is 1.81 bits per heavy atom. The van der Waals surface area contributed by atoms with Crippen LogP contribution in [0.3, 0.4) is 0 Å². The second-order valence-corrected chi connectivity index (χ2v) is 7.91. The maximum atomic E-state index is 12.3. The van der Waals surface area contributed by atoms with E-state index in [0.29, 0.717) is 17.0 Å². The molecule has 0 spiro atoms. The number of aryl methyl sites for hydroxylation is 2. The van der Waals surface area contributed by atoms with Crippen LogP contribution < -0.4 is 15.4 Å². The van der Waals surface area contributed by atoms with Gasteiger partial charge in [-0.05, 0) is 81.5 Å². The number of carbonyl (C=O) groups is 2. The molecule has 0 aliphatic heterocycles. The highest BCUT2D eigenvalue weighted by molar-refractivity contribution is 5.97. The van der Waals surface area contributed by atoms with Gasteiger partial charge in [0.05, 0.1) is 0 Å². The van der Waals surface area contributed by atoms with Gasteiger partial charge in [0.15, 0.2) is 6.61 Å². The van der Waals surface area contributed by atoms with Crippen molar-refractivity contribution in [3.63, 3.8) is 0 Å². The average Bonchev–Trinajstić information content (AvgIpc) is 3.06. The lowest BCUT2D eigenvalue weighted by molar-refractivity contribution is -0.118. The van der Waals surface area contributed by atoms with Gasteiger partial charge < -0.3 is 15.4 Å². The predicted molar refractivity (Wildman–Crippen MR) is 106 cm³/mol. The van der Waals surface area contributed by atoms with Crippen LogP contribution in [0.4, 0.5) is 5.69 Å². The first-order valence-corrected chi connectivity index (χ1v) is 9.27. The molecule has 2 aromatic rings. The van der Waals surface area contributed by atoms with Gasteiger partial charge in [-0.15, -0.1) is 0 Å². The van der Waals surface area contributed by atoms with E-state index in [2.05, 4.69) is 16.7 Å². The minimum absolute atomic E-state index is 0.0722. The summed E-state index contributed by atoms with van der Waals surface area (Å²) in [5, 5.41) is 5.69. The summed E-state index contributed by atoms with van der Waals surface area (Å²) in [6.45, 7) is 5.70. The summed E-state index contributed by atoms with van der Waals surface area (Å²) >= 11 is 0. The van der Waals surface area contributed by atoms with E-state index in [1.807, 2.05) is 32.9 Å². The Balaban J connectivity index is 1.56. The first-order chi connectivity index (χ1) is 12.8. The van der Waals surface area contributed by atoms with Gasteiger partial charge in [0.2, 0.25) is 0 Å². The van der Waals surface area contributed by atoms with Crippen molar-refractivity contribution >= 4 is 17.5 Å². The minimum Gasteiger partial charge on any atom is -0.484 e. The van der Waals surface area contributed by atoms with Gasteiger partial charge in [-0.2, -0.15) is 0 Å². The summed E-state index contributed by atoms with van der Waals surface area (Å²) in [4.78, 5) is 24.4. The molecule has 0 radical (unpaired) electrons. The molecule has 3 rings (SSSR count). The molecule has 142 valence electrons. The van der Waals surface area contributed by atoms with E-state index in [1.165, 1.54) is 17.5 Å². The summed E-state index contributed by atoms with van der Waals surface area (Å²) < 4.78 is 5.62. The van der Waals surface area contributed by atoms with Gasteiger partial charge in [0, 0.05) is 16.8 Å². The van der Waals surface area contributed by atoms with Gasteiger partial charge >= 0.3 is 0 Å². The van der Waals surface area contributed by atoms with Crippen LogP contribution in [0.5, 0.6) is 5.75 Å². The van der Waals surface area contributed by atoms with Crippen molar-refractivity contribution in [2.24, 2.45) is 0 Å². The van der Waals surface area contributed by atoms with Gasteiger partial charge in [-0.25, -0.2) is 0 Å². The Labute approximate surface area is 160 Å². The van der Waals surface area contributed by atoms with E-state index in [4.69, 9.17) is 4.74 Å². The highest BCUT2D eigenvalue weighted by Gasteiger charge is 2.16. The Morgan fingerprint density at radius 3 is 2.59 bits per heavy atom. The molecule has 5 heteroatoms. The third-order valence-corrected chi connectivity index (χ3v) is 4.34. The fraction of sp³-hybridized carbons (Fsp3) is 0.364. The molecule has 2 amide bonds. The number of rotatable bonds is 5. The van der Waals surface area contributed by atoms with E-state index < -0.39 is 0 Å². The monoisotopic (exact) mass is 366 g/mol. The predicted octanol–water partition coefficient (Wildman–Crippen LogP) is 3.72. The molecule has 0 aromatic heterocycles. The number of fused-ring (bicyclic) bond motifs is 1. The molecule has 0 unspecified atom stereocenters. The van der Waals surface area contributed by atoms with Crippen molar-refractivity contribution in [2.45, 2.75) is 45.6 Å². The number of anilines is 1. The molecule has 2 N–H and O–H groups in total. The Bertz CT molecular complexity index is 853. The molecule has 0 bridgehead atoms. The normalized spacial score (nSPS) is 13.0. The van der Waals surface area contributed by atoms with Crippen LogP contribution in [0.2, 0.25) is 0 Å². The lowest BCUT2D eigenvalue weighted by atomic mass is 10.1. The SMILES string of the molecule is CC(C)(C)NC(=O)c1cccc(NC(=O)COc2ccc3c(c2)CCC3)c1. The number of nitrogens with one attached hydrogen (secondary N) is 2. The quantitative estimate of drug-likeness (QED) is 0.847. The number of ether oxygens (including phenoxy) is 1. The second kappa shape index (κ2) is 7.82. The maximum Gasteiger partial charge on any atom is 0.262 e. The maximum absolute atomic E-state index is 12.3. The summed E-state index contributed by atoms with van der Waals surface area (Å²) in [5.74, 6) is 0.279. The van der Waals surface area contributed by atoms with Gasteiger partial charge in [-0.3, -0.25) is 9.59 Å². The third kappa shape index (κ3) is 5.33. The fourth-order valence-corrected chi connectivity index (χ4v) is 3.13. The first-order valence-electron chi connectivity index (χ1n) is 9.27. The van der Waals surface area contributed by atoms with Crippen molar-refractivity contribution in [3.05, 3.63) is 59.2 Å². The minimum atomic E-state index is -0.319. The van der Waals surface area contributed by atoms with Crippen LogP contribution in [0.1, 0.15) is 48.7 Å². The number of hydrogen-bond acceptors (Lipinski definition) is 3. The van der Waals surface area contributed by atoms with Crippen molar-refractivity contribution in [2.75, 3.05) is 11.9 Å². The summed E-state index contributed by atoms with van der Waals surface area (Å²) in [6, 6.07) is 12.9. The highest BCUT2D eigenvalue weighted by atomic mass is 16.5. The van der Waals surface area contributed by atoms with Gasteiger partial charge in [0.1, 0.15) is 5.75 Å². The molecular formula is C22H26N2O3. The van der Waals surface area contributed by atoms with Crippen molar-refractivity contribution in [3.8, 4) is 5.75 Å². The van der Waals surface area contributed by atoms with Crippen LogP contribution in [0, 0.1) is 0 Å². The van der Waals surface area contributed by atoms with Crippen molar-refractivity contribution < 1.29 is 14.3 Å². The van der Waals surface area contributed by atoms with Crippen LogP contribution in [-0.4, -0.2) is 24.0 Å². The van der Waals surface area contributed by atoms with Crippen LogP contribution >= 0.6 is 0 Å². The molecule has 0 heterocycles. The van der Waals surface area contributed by atoms with E-state index in [9.17, 15) is 9.59 Å². The lowest BCUT2D eigenvalue weighted by Gasteiger charge is -2.20. The molecule has 27 heavy (non-hydrogen) atoms. The highest BCUT2D eigenvalue weighted by Crippen LogP contribution is 2.26. The lowest BCUT2D eigenvalue weighted by Crippen LogP contribution is -2.40. The van der Waals surface area contributed by atoms with E-state index in [1.54, 1.807) is 24.3 Å². The summed E-state index contributed by atoms with van der Waals surface area (Å²) in [7, 11) is 0. The molecule has 0 saturated carbocycles. The zero-order valence-corrected chi connectivity index (χ0v) is 16.1. The van der Waals surface area contributed by atoms with Crippen LogP contribution in [0.25, 0.3) is 0 Å². The average molecular weight is 366 g/mol. The first kappa shape index (κ1) is 19.0. The fourth-order valence-electron chi connectivity index (χ4n) is 3.13. The van der Waals surface area contributed by atoms with Gasteiger partial charge in [-0.1, -0.05) is 12.1 Å². The smallest absolute Gasteiger partial charge is 0.262 e. The van der Waals surface area contributed by atoms with Crippen LogP contribution in [-0.2, 0) is 17.6 Å². The molecular weight excluding hydrogens is 340 g/mol. The number of benzene rings is 2. The summed E-state index contributed by atoms with van der Waals surface area (Å²) in [6.07, 6.45) is 3.37. The molecule has 1 aliphatic rings. The number of amides is 2. The Kier molecular flexibility index (Phi) is 5.49. The molecule has 0 saturated heterocycles. The Morgan fingerprint density at radius 1 is 1.04 bits per heavy atom. The van der Waals surface area contributed by atoms with Crippen LogP contribution in [0.15, 0.2) is 42.5 Å². The van der Waals surface area contributed by atoms with E-state index in [-0.39, 0.29) is 24.0 Å². The molecule has 1 aliphatic carbocycles. The standard InChI is InChI=1S/C22H26N2O3/c1-22(2,3)24-21(26)17-8-5-9-18(12-17)23-20(25)14-27-19-11-10-15-6-4-7-16(15)13-19/h5,8-13H,4,6-7,14H2,1-3H3,(H,23,25)(H,24,26). The van der Waals surface area contributed by atoms with Crippen molar-refractivity contribution in [1.82, 2.24) is 5.32 Å². The zero-order chi connectivity index (χ0) is 19.4. The topological polar surface area (TPSA) is 67.4 Å². The molecule has 0 fully saturated rings. The zero-order valence-electron chi connectivity index (χ0n) is 16.1. The summed E-state index contributed by atoms with van der Waals surface area (Å²) in [5.41, 5.74) is 3.43. The van der Waals surface area contributed by atoms with E-state index >= 15 is 0 Å².